The molecule has 3 nitrogen and oxygen atoms in total. The van der Waals surface area contributed by atoms with Gasteiger partial charge in [0.25, 0.3) is 0 Å². The van der Waals surface area contributed by atoms with Crippen molar-refractivity contribution >= 4 is 40.7 Å². The van der Waals surface area contributed by atoms with E-state index in [9.17, 15) is 0 Å². The molecule has 0 unspecified atom stereocenters. The molecule has 82 valence electrons. The van der Waals surface area contributed by atoms with Gasteiger partial charge in [0, 0.05) is 17.4 Å². The highest BCUT2D eigenvalue weighted by Crippen LogP contribution is 2.47. The first-order chi connectivity index (χ1) is 7.15. The molecule has 1 heterocycles. The Morgan fingerprint density at radius 2 is 2.20 bits per heavy atom. The monoisotopic (exact) mass is 263 g/mol. The maximum atomic E-state index is 5.89. The molecular formula is C9H11Cl2N3S. The predicted octanol–water partition coefficient (Wildman–Crippen LogP) is 3.09. The highest BCUT2D eigenvalue weighted by Gasteiger charge is 2.41. The average molecular weight is 264 g/mol. The van der Waals surface area contributed by atoms with Crippen LogP contribution in [-0.2, 0) is 0 Å². The summed E-state index contributed by atoms with van der Waals surface area (Å²) < 4.78 is 0.388. The second-order valence-electron chi connectivity index (χ2n) is 3.61. The first-order valence-electron chi connectivity index (χ1n) is 4.63. The lowest BCUT2D eigenvalue weighted by molar-refractivity contribution is 0.940. The van der Waals surface area contributed by atoms with Crippen molar-refractivity contribution in [1.82, 2.24) is 10.2 Å². The minimum Gasteiger partial charge on any atom is -0.381 e. The van der Waals surface area contributed by atoms with Crippen LogP contribution in [0.4, 0.5) is 5.69 Å². The summed E-state index contributed by atoms with van der Waals surface area (Å²) >= 11 is 13.5. The number of anilines is 1. The summed E-state index contributed by atoms with van der Waals surface area (Å²) in [6.45, 7) is 0.899. The molecule has 2 rings (SSSR count). The van der Waals surface area contributed by atoms with Crippen LogP contribution < -0.4 is 5.32 Å². The van der Waals surface area contributed by atoms with Gasteiger partial charge in [-0.3, -0.25) is 0 Å². The van der Waals surface area contributed by atoms with Crippen LogP contribution in [-0.4, -0.2) is 27.7 Å². The van der Waals surface area contributed by atoms with E-state index in [0.29, 0.717) is 15.1 Å². The molecular weight excluding hydrogens is 253 g/mol. The van der Waals surface area contributed by atoms with Gasteiger partial charge in [-0.1, -0.05) is 23.2 Å². The lowest BCUT2D eigenvalue weighted by Gasteiger charge is -2.14. The maximum Gasteiger partial charge on any atom is 0.174 e. The summed E-state index contributed by atoms with van der Waals surface area (Å²) in [5.74, 6) is 0. The fourth-order valence-corrected chi connectivity index (χ4v) is 2.36. The van der Waals surface area contributed by atoms with Crippen molar-refractivity contribution in [2.24, 2.45) is 0 Å². The molecule has 1 aliphatic carbocycles. The molecule has 0 amide bonds. The molecule has 0 spiro atoms. The van der Waals surface area contributed by atoms with Crippen molar-refractivity contribution in [2.75, 3.05) is 18.1 Å². The number of nitrogens with zero attached hydrogens (tertiary/aromatic N) is 2. The normalized spacial score (nSPS) is 17.5. The Hall–Kier alpha value is -0.190. The van der Waals surface area contributed by atoms with E-state index >= 15 is 0 Å². The van der Waals surface area contributed by atoms with Crippen LogP contribution in [0.15, 0.2) is 6.07 Å². The Morgan fingerprint density at radius 3 is 2.80 bits per heavy atom. The van der Waals surface area contributed by atoms with Gasteiger partial charge >= 0.3 is 0 Å². The highest BCUT2D eigenvalue weighted by molar-refractivity contribution is 8.00. The topological polar surface area (TPSA) is 37.8 Å². The first kappa shape index (κ1) is 11.3. The molecule has 0 bridgehead atoms. The van der Waals surface area contributed by atoms with Gasteiger partial charge in [-0.25, -0.2) is 0 Å². The summed E-state index contributed by atoms with van der Waals surface area (Å²) in [6.07, 6.45) is 4.64. The first-order valence-corrected chi connectivity index (χ1v) is 6.61. The molecule has 1 aliphatic rings. The Morgan fingerprint density at radius 1 is 1.47 bits per heavy atom. The molecule has 0 radical (unpaired) electrons. The van der Waals surface area contributed by atoms with Gasteiger partial charge in [0.1, 0.15) is 0 Å². The van der Waals surface area contributed by atoms with Crippen LogP contribution in [0.3, 0.4) is 0 Å². The van der Waals surface area contributed by atoms with Gasteiger partial charge < -0.3 is 5.32 Å². The molecule has 0 aromatic carbocycles. The third-order valence-corrected chi connectivity index (χ3v) is 4.44. The fraction of sp³-hybridized carbons (Fsp3) is 0.556. The molecule has 1 N–H and O–H groups in total. The van der Waals surface area contributed by atoms with Gasteiger partial charge in [-0.2, -0.15) is 11.8 Å². The van der Waals surface area contributed by atoms with Crippen molar-refractivity contribution in [2.45, 2.75) is 17.6 Å². The van der Waals surface area contributed by atoms with E-state index in [4.69, 9.17) is 23.2 Å². The maximum absolute atomic E-state index is 5.89. The van der Waals surface area contributed by atoms with Crippen molar-refractivity contribution < 1.29 is 0 Å². The SMILES string of the molecule is CSC1(CNc2cc(Cl)nnc2Cl)CC1. The van der Waals surface area contributed by atoms with Gasteiger partial charge in [-0.05, 0) is 19.1 Å². The van der Waals surface area contributed by atoms with Crippen molar-refractivity contribution in [1.29, 1.82) is 0 Å². The zero-order valence-corrected chi connectivity index (χ0v) is 10.6. The average Bonchev–Trinajstić information content (AvgIpc) is 3.00. The smallest absolute Gasteiger partial charge is 0.174 e. The number of rotatable bonds is 4. The quantitative estimate of drug-likeness (QED) is 0.906. The number of hydrogen-bond acceptors (Lipinski definition) is 4. The second kappa shape index (κ2) is 4.36. The molecule has 0 saturated heterocycles. The molecule has 6 heteroatoms. The van der Waals surface area contributed by atoms with Crippen molar-refractivity contribution in [3.05, 3.63) is 16.4 Å². The molecule has 15 heavy (non-hydrogen) atoms. The van der Waals surface area contributed by atoms with E-state index in [2.05, 4.69) is 21.8 Å². The van der Waals surface area contributed by atoms with E-state index in [1.54, 1.807) is 6.07 Å². The van der Waals surface area contributed by atoms with Gasteiger partial charge in [-0.15, -0.1) is 10.2 Å². The number of nitrogens with one attached hydrogen (secondary N) is 1. The number of halogens is 2. The summed E-state index contributed by atoms with van der Waals surface area (Å²) in [6, 6.07) is 1.70. The summed E-state index contributed by atoms with van der Waals surface area (Å²) in [5.41, 5.74) is 0.761. The summed E-state index contributed by atoms with van der Waals surface area (Å²) in [5, 5.41) is 11.4. The second-order valence-corrected chi connectivity index (χ2v) is 5.63. The van der Waals surface area contributed by atoms with Crippen LogP contribution in [0.1, 0.15) is 12.8 Å². The molecule has 0 aliphatic heterocycles. The molecule has 0 atom stereocenters. The molecule has 1 aromatic heterocycles. The minimum atomic E-state index is 0.357. The zero-order chi connectivity index (χ0) is 10.9. The van der Waals surface area contributed by atoms with Crippen LogP contribution in [0.2, 0.25) is 10.3 Å². The number of aromatic nitrogens is 2. The fourth-order valence-electron chi connectivity index (χ4n) is 1.33. The van der Waals surface area contributed by atoms with Gasteiger partial charge in [0.2, 0.25) is 0 Å². The summed E-state index contributed by atoms with van der Waals surface area (Å²) in [7, 11) is 0. The third-order valence-electron chi connectivity index (χ3n) is 2.56. The van der Waals surface area contributed by atoms with Crippen molar-refractivity contribution in [3.8, 4) is 0 Å². The third kappa shape index (κ3) is 2.68. The van der Waals surface area contributed by atoms with Crippen LogP contribution in [0.5, 0.6) is 0 Å². The Labute approximate surface area is 103 Å². The van der Waals surface area contributed by atoms with Crippen LogP contribution >= 0.6 is 35.0 Å². The minimum absolute atomic E-state index is 0.357. The van der Waals surface area contributed by atoms with E-state index in [-0.39, 0.29) is 0 Å². The Bertz CT molecular complexity index is 368. The van der Waals surface area contributed by atoms with E-state index < -0.39 is 0 Å². The zero-order valence-electron chi connectivity index (χ0n) is 8.26. The standard InChI is InChI=1S/C9H11Cl2N3S/c1-15-9(2-3-9)5-12-6-4-7(10)13-14-8(6)11/h4H,2-3,5H2,1H3,(H,12,13). The summed E-state index contributed by atoms with van der Waals surface area (Å²) in [4.78, 5) is 0. The molecule has 1 saturated carbocycles. The Kier molecular flexibility index (Phi) is 3.28. The Balaban J connectivity index is 2.01. The highest BCUT2D eigenvalue weighted by atomic mass is 35.5. The number of hydrogen-bond donors (Lipinski definition) is 1. The number of thioether (sulfide) groups is 1. The van der Waals surface area contributed by atoms with Crippen LogP contribution in [0.25, 0.3) is 0 Å². The lowest BCUT2D eigenvalue weighted by atomic mass is 10.4. The molecule has 1 fully saturated rings. The van der Waals surface area contributed by atoms with E-state index in [1.807, 2.05) is 11.8 Å². The lowest BCUT2D eigenvalue weighted by Crippen LogP contribution is -2.17. The molecule has 1 aromatic rings. The van der Waals surface area contributed by atoms with E-state index in [0.717, 1.165) is 12.2 Å². The van der Waals surface area contributed by atoms with E-state index in [1.165, 1.54) is 12.8 Å². The largest absolute Gasteiger partial charge is 0.381 e. The predicted molar refractivity (Wildman–Crippen MR) is 66.0 cm³/mol. The van der Waals surface area contributed by atoms with Crippen molar-refractivity contribution in [3.63, 3.8) is 0 Å². The van der Waals surface area contributed by atoms with Gasteiger partial charge in [0.05, 0.1) is 5.69 Å². The van der Waals surface area contributed by atoms with Gasteiger partial charge in [0.15, 0.2) is 10.3 Å². The van der Waals surface area contributed by atoms with Crippen LogP contribution in [0, 0.1) is 0 Å².